The van der Waals surface area contributed by atoms with Gasteiger partial charge in [-0.15, -0.1) is 0 Å². The molecule has 1 heterocycles. The van der Waals surface area contributed by atoms with E-state index in [2.05, 4.69) is 17.5 Å². The third kappa shape index (κ3) is 0.988. The monoisotopic (exact) mass is 148 g/mol. The van der Waals surface area contributed by atoms with Gasteiger partial charge in [0.05, 0.1) is 0 Å². The normalized spacial score (nSPS) is 28.4. The Morgan fingerprint density at radius 1 is 1.88 bits per heavy atom. The van der Waals surface area contributed by atoms with E-state index in [-0.39, 0.29) is 5.91 Å². The Hall–Kier alpha value is -0.130. The van der Waals surface area contributed by atoms with Crippen molar-refractivity contribution in [2.45, 2.75) is 5.37 Å². The topological polar surface area (TPSA) is 55.1 Å². The zero-order chi connectivity index (χ0) is 6.15. The van der Waals surface area contributed by atoms with Crippen LogP contribution in [0.5, 0.6) is 0 Å². The molecule has 1 aliphatic rings. The predicted octanol–water partition coefficient (Wildman–Crippen LogP) is -0.581. The van der Waals surface area contributed by atoms with E-state index in [0.29, 0.717) is 4.32 Å². The third-order valence-electron chi connectivity index (χ3n) is 0.718. The molecule has 1 unspecified atom stereocenters. The smallest absolute Gasteiger partial charge is 0.253 e. The molecule has 3 nitrogen and oxygen atoms in total. The number of thioether (sulfide) groups is 1. The zero-order valence-electron chi connectivity index (χ0n) is 3.88. The highest BCUT2D eigenvalue weighted by Crippen LogP contribution is 2.13. The lowest BCUT2D eigenvalue weighted by Crippen LogP contribution is -2.29. The van der Waals surface area contributed by atoms with Gasteiger partial charge in [-0.1, -0.05) is 24.0 Å². The molecule has 0 aromatic rings. The van der Waals surface area contributed by atoms with Gasteiger partial charge in [0.25, 0.3) is 5.91 Å². The minimum absolute atomic E-state index is 0.194. The van der Waals surface area contributed by atoms with Crippen LogP contribution in [0.2, 0.25) is 0 Å². The van der Waals surface area contributed by atoms with Gasteiger partial charge in [-0.05, 0) is 0 Å². The summed E-state index contributed by atoms with van der Waals surface area (Å²) in [4.78, 5) is 10.4. The summed E-state index contributed by atoms with van der Waals surface area (Å²) in [6, 6.07) is 0. The van der Waals surface area contributed by atoms with Gasteiger partial charge in [0.1, 0.15) is 9.69 Å². The molecule has 0 aliphatic carbocycles. The van der Waals surface area contributed by atoms with E-state index in [9.17, 15) is 4.79 Å². The minimum atomic E-state index is -0.484. The van der Waals surface area contributed by atoms with Crippen molar-refractivity contribution in [3.05, 3.63) is 0 Å². The molecular weight excluding hydrogens is 144 g/mol. The maximum atomic E-state index is 10.4. The maximum Gasteiger partial charge on any atom is 0.253 e. The molecule has 1 amide bonds. The Balaban J connectivity index is 2.64. The maximum absolute atomic E-state index is 10.4. The molecule has 1 rings (SSSR count). The SMILES string of the molecule is NC1SC(=S)NC1=O. The van der Waals surface area contributed by atoms with Gasteiger partial charge in [0.15, 0.2) is 0 Å². The van der Waals surface area contributed by atoms with Crippen LogP contribution in [-0.2, 0) is 4.79 Å². The molecule has 0 saturated carbocycles. The largest absolute Gasteiger partial charge is 0.311 e. The number of thiocarbonyl (C=S) groups is 1. The van der Waals surface area contributed by atoms with Crippen LogP contribution in [0.4, 0.5) is 0 Å². The van der Waals surface area contributed by atoms with E-state index in [0.717, 1.165) is 0 Å². The first-order valence-electron chi connectivity index (χ1n) is 1.97. The lowest BCUT2D eigenvalue weighted by atomic mass is 10.6. The summed E-state index contributed by atoms with van der Waals surface area (Å²) >= 11 is 5.80. The van der Waals surface area contributed by atoms with Gasteiger partial charge in [0, 0.05) is 0 Å². The van der Waals surface area contributed by atoms with Crippen LogP contribution in [0, 0.1) is 0 Å². The van der Waals surface area contributed by atoms with E-state index in [1.54, 1.807) is 0 Å². The quantitative estimate of drug-likeness (QED) is 0.451. The Morgan fingerprint density at radius 2 is 2.50 bits per heavy atom. The van der Waals surface area contributed by atoms with Crippen molar-refractivity contribution in [3.63, 3.8) is 0 Å². The average Bonchev–Trinajstić information content (AvgIpc) is 1.85. The van der Waals surface area contributed by atoms with Crippen LogP contribution < -0.4 is 11.1 Å². The first kappa shape index (κ1) is 6.00. The fourth-order valence-electron chi connectivity index (χ4n) is 0.370. The number of hydrogen-bond donors (Lipinski definition) is 2. The molecule has 1 fully saturated rings. The molecule has 44 valence electrons. The average molecular weight is 148 g/mol. The number of rotatable bonds is 0. The zero-order valence-corrected chi connectivity index (χ0v) is 5.51. The fourth-order valence-corrected chi connectivity index (χ4v) is 1.34. The molecule has 0 bridgehead atoms. The van der Waals surface area contributed by atoms with Crippen molar-refractivity contribution in [2.75, 3.05) is 0 Å². The number of nitrogens with two attached hydrogens (primary N) is 1. The number of nitrogens with one attached hydrogen (secondary N) is 1. The highest BCUT2D eigenvalue weighted by atomic mass is 32.2. The molecule has 1 aliphatic heterocycles. The number of amides is 1. The van der Waals surface area contributed by atoms with Crippen LogP contribution in [0.1, 0.15) is 0 Å². The van der Waals surface area contributed by atoms with Crippen molar-refractivity contribution >= 4 is 34.2 Å². The third-order valence-corrected chi connectivity index (χ3v) is 1.89. The summed E-state index contributed by atoms with van der Waals surface area (Å²) in [5, 5.41) is 1.91. The second kappa shape index (κ2) is 2.00. The van der Waals surface area contributed by atoms with Crippen molar-refractivity contribution in [3.8, 4) is 0 Å². The van der Waals surface area contributed by atoms with Gasteiger partial charge in [-0.2, -0.15) is 0 Å². The van der Waals surface area contributed by atoms with Gasteiger partial charge in [0.2, 0.25) is 0 Å². The lowest BCUT2D eigenvalue weighted by Gasteiger charge is -1.88. The van der Waals surface area contributed by atoms with Gasteiger partial charge in [-0.3, -0.25) is 4.79 Å². The van der Waals surface area contributed by atoms with Gasteiger partial charge >= 0.3 is 0 Å². The van der Waals surface area contributed by atoms with Crippen molar-refractivity contribution in [1.29, 1.82) is 0 Å². The molecule has 8 heavy (non-hydrogen) atoms. The number of carbonyl (C=O) groups excluding carboxylic acids is 1. The van der Waals surface area contributed by atoms with Crippen LogP contribution in [0.15, 0.2) is 0 Å². The van der Waals surface area contributed by atoms with E-state index in [1.165, 1.54) is 11.8 Å². The van der Waals surface area contributed by atoms with Crippen LogP contribution in [0.25, 0.3) is 0 Å². The summed E-state index contributed by atoms with van der Waals surface area (Å²) in [5.74, 6) is -0.194. The van der Waals surface area contributed by atoms with Crippen molar-refractivity contribution in [1.82, 2.24) is 5.32 Å². The molecule has 1 atom stereocenters. The van der Waals surface area contributed by atoms with E-state index >= 15 is 0 Å². The van der Waals surface area contributed by atoms with Gasteiger partial charge < -0.3 is 11.1 Å². The lowest BCUT2D eigenvalue weighted by molar-refractivity contribution is -0.118. The summed E-state index contributed by atoms with van der Waals surface area (Å²) in [7, 11) is 0. The molecule has 3 N–H and O–H groups in total. The standard InChI is InChI=1S/C3H4N2OS2/c4-1-2(6)5-3(7)8-1/h1H,4H2,(H,5,6,7). The highest BCUT2D eigenvalue weighted by molar-refractivity contribution is 8.24. The summed E-state index contributed by atoms with van der Waals surface area (Å²) < 4.78 is 0.475. The molecule has 0 radical (unpaired) electrons. The summed E-state index contributed by atoms with van der Waals surface area (Å²) in [6.45, 7) is 0. The van der Waals surface area contributed by atoms with Crippen LogP contribution >= 0.6 is 24.0 Å². The Labute approximate surface area is 56.0 Å². The first-order chi connectivity index (χ1) is 3.70. The number of carbonyl (C=O) groups is 1. The second-order valence-electron chi connectivity index (χ2n) is 1.32. The Morgan fingerprint density at radius 3 is 2.62 bits per heavy atom. The summed E-state index contributed by atoms with van der Waals surface area (Å²) in [6.07, 6.45) is 0. The number of hydrogen-bond acceptors (Lipinski definition) is 4. The van der Waals surface area contributed by atoms with E-state index in [4.69, 9.17) is 5.73 Å². The second-order valence-corrected chi connectivity index (χ2v) is 3.13. The molecule has 0 aromatic heterocycles. The molecule has 0 aromatic carbocycles. The predicted molar refractivity (Wildman–Crippen MR) is 36.3 cm³/mol. The van der Waals surface area contributed by atoms with Crippen molar-refractivity contribution < 1.29 is 4.79 Å². The first-order valence-corrected chi connectivity index (χ1v) is 3.26. The van der Waals surface area contributed by atoms with E-state index < -0.39 is 5.37 Å². The van der Waals surface area contributed by atoms with Crippen molar-refractivity contribution in [2.24, 2.45) is 5.73 Å². The van der Waals surface area contributed by atoms with Crippen LogP contribution in [-0.4, -0.2) is 15.6 Å². The Bertz CT molecular complexity index is 146. The van der Waals surface area contributed by atoms with E-state index in [1.807, 2.05) is 0 Å². The van der Waals surface area contributed by atoms with Gasteiger partial charge in [-0.25, -0.2) is 0 Å². The highest BCUT2D eigenvalue weighted by Gasteiger charge is 2.24. The molecule has 5 heteroatoms. The molecule has 0 spiro atoms. The Kier molecular flexibility index (Phi) is 1.50. The fraction of sp³-hybridized carbons (Fsp3) is 0.333. The molecular formula is C3H4N2OS2. The summed E-state index contributed by atoms with van der Waals surface area (Å²) in [5.41, 5.74) is 5.23. The molecule has 1 saturated heterocycles. The minimum Gasteiger partial charge on any atom is -0.311 e. The van der Waals surface area contributed by atoms with Crippen LogP contribution in [0.3, 0.4) is 0 Å².